The van der Waals surface area contributed by atoms with Crippen molar-refractivity contribution in [1.82, 2.24) is 19.6 Å². The number of carbonyl (C=O) groups excluding carboxylic acids is 1. The Morgan fingerprint density at radius 1 is 1.11 bits per heavy atom. The number of hydrogen-bond acceptors (Lipinski definition) is 6. The van der Waals surface area contributed by atoms with Crippen LogP contribution in [0.4, 0.5) is 18.9 Å². The Morgan fingerprint density at radius 3 is 2.46 bits per heavy atom. The molecule has 1 aromatic carbocycles. The number of alkyl halides is 3. The number of amides is 1. The summed E-state index contributed by atoms with van der Waals surface area (Å²) in [5.74, 6) is -0.0979. The molecule has 0 spiro atoms. The van der Waals surface area contributed by atoms with Crippen LogP contribution in [-0.4, -0.2) is 56.6 Å². The predicted molar refractivity (Wildman–Crippen MR) is 124 cm³/mol. The third-order valence-electron chi connectivity index (χ3n) is 6.04. The van der Waals surface area contributed by atoms with Crippen LogP contribution in [-0.2, 0) is 19.3 Å². The molecule has 0 unspecified atom stereocenters. The lowest BCUT2D eigenvalue weighted by molar-refractivity contribution is -0.386. The number of aryl methyl sites for hydroxylation is 1. The minimum atomic E-state index is -4.37. The molecule has 0 aliphatic carbocycles. The van der Waals surface area contributed by atoms with Crippen LogP contribution in [0.2, 0.25) is 0 Å². The molecule has 0 radical (unpaired) electrons. The zero-order valence-electron chi connectivity index (χ0n) is 19.2. The summed E-state index contributed by atoms with van der Waals surface area (Å²) in [6.45, 7) is 6.06. The Morgan fingerprint density at radius 2 is 1.83 bits per heavy atom. The highest BCUT2D eigenvalue weighted by Gasteiger charge is 2.31. The summed E-state index contributed by atoms with van der Waals surface area (Å²) in [4.78, 5) is 28.1. The highest BCUT2D eigenvalue weighted by Crippen LogP contribution is 2.30. The van der Waals surface area contributed by atoms with Crippen LogP contribution in [0.5, 0.6) is 0 Å². The quantitative estimate of drug-likeness (QED) is 0.363. The maximum absolute atomic E-state index is 13.0. The molecule has 186 valence electrons. The van der Waals surface area contributed by atoms with Crippen molar-refractivity contribution < 1.29 is 22.9 Å². The summed E-state index contributed by atoms with van der Waals surface area (Å²) in [5, 5.41) is 17.3. The summed E-state index contributed by atoms with van der Waals surface area (Å²) in [6, 6.07) is 7.10. The molecule has 3 heterocycles. The largest absolute Gasteiger partial charge is 0.416 e. The Kier molecular flexibility index (Phi) is 6.95. The van der Waals surface area contributed by atoms with Gasteiger partial charge in [0.15, 0.2) is 0 Å². The minimum absolute atomic E-state index is 0.000432. The van der Waals surface area contributed by atoms with Gasteiger partial charge >= 0.3 is 11.9 Å². The maximum Gasteiger partial charge on any atom is 0.416 e. The highest BCUT2D eigenvalue weighted by molar-refractivity contribution is 7.12. The number of nitro groups is 1. The minimum Gasteiger partial charge on any atom is -0.335 e. The average molecular weight is 508 g/mol. The first kappa shape index (κ1) is 24.9. The van der Waals surface area contributed by atoms with Gasteiger partial charge in [0.1, 0.15) is 11.4 Å². The van der Waals surface area contributed by atoms with Gasteiger partial charge in [-0.3, -0.25) is 24.5 Å². The number of piperazine rings is 1. The van der Waals surface area contributed by atoms with E-state index in [0.29, 0.717) is 61.1 Å². The molecule has 35 heavy (non-hydrogen) atoms. The van der Waals surface area contributed by atoms with Crippen LogP contribution in [0.15, 0.2) is 35.7 Å². The lowest BCUT2D eigenvalue weighted by atomic mass is 10.1. The van der Waals surface area contributed by atoms with Crippen molar-refractivity contribution in [1.29, 1.82) is 0 Å². The van der Waals surface area contributed by atoms with Crippen molar-refractivity contribution in [3.8, 4) is 0 Å². The number of carbonyl (C=O) groups is 1. The van der Waals surface area contributed by atoms with Crippen molar-refractivity contribution in [3.63, 3.8) is 0 Å². The number of benzene rings is 1. The first-order valence-electron chi connectivity index (χ1n) is 11.0. The molecule has 2 aromatic heterocycles. The van der Waals surface area contributed by atoms with Crippen LogP contribution in [0.25, 0.3) is 0 Å². The van der Waals surface area contributed by atoms with E-state index in [2.05, 4.69) is 5.10 Å². The van der Waals surface area contributed by atoms with E-state index < -0.39 is 16.7 Å². The summed E-state index contributed by atoms with van der Waals surface area (Å²) < 4.78 is 40.4. The molecule has 1 fully saturated rings. The highest BCUT2D eigenvalue weighted by atomic mass is 32.1. The molecular formula is C23H24F3N5O3S. The second kappa shape index (κ2) is 9.78. The van der Waals surface area contributed by atoms with E-state index in [9.17, 15) is 28.1 Å². The summed E-state index contributed by atoms with van der Waals surface area (Å²) in [7, 11) is 0. The second-order valence-corrected chi connectivity index (χ2v) is 9.43. The molecule has 3 aromatic rings. The Bertz CT molecular complexity index is 1250. The standard InChI is InChI=1S/C23H24F3N5O3S/c1-15-21(31(33)34)16(2)30(27-15)13-18-11-20(35-14-18)22(32)29-8-6-28(7-9-29)12-17-4-3-5-19(10-17)23(24,25)26/h3-5,10-11,14H,6-9,12-13H2,1-2H3. The Balaban J connectivity index is 1.34. The SMILES string of the molecule is Cc1nn(Cc2csc(C(=O)N3CCN(Cc4cccc(C(F)(F)F)c4)CC3)c2)c(C)c1[N+](=O)[O-]. The van der Waals surface area contributed by atoms with Crippen molar-refractivity contribution in [2.45, 2.75) is 33.1 Å². The van der Waals surface area contributed by atoms with E-state index in [-0.39, 0.29) is 11.6 Å². The van der Waals surface area contributed by atoms with E-state index in [1.165, 1.54) is 23.5 Å². The number of halogens is 3. The number of rotatable bonds is 6. The summed E-state index contributed by atoms with van der Waals surface area (Å²) >= 11 is 1.31. The van der Waals surface area contributed by atoms with Crippen molar-refractivity contribution in [3.05, 3.63) is 78.8 Å². The van der Waals surface area contributed by atoms with Gasteiger partial charge in [0.25, 0.3) is 5.91 Å². The monoisotopic (exact) mass is 507 g/mol. The predicted octanol–water partition coefficient (Wildman–Crippen LogP) is 4.49. The van der Waals surface area contributed by atoms with Crippen LogP contribution in [0, 0.1) is 24.0 Å². The van der Waals surface area contributed by atoms with Crippen molar-refractivity contribution in [2.75, 3.05) is 26.2 Å². The van der Waals surface area contributed by atoms with Crippen molar-refractivity contribution >= 4 is 22.9 Å². The zero-order chi connectivity index (χ0) is 25.3. The molecule has 0 atom stereocenters. The lowest BCUT2D eigenvalue weighted by Gasteiger charge is -2.34. The molecule has 0 N–H and O–H groups in total. The van der Waals surface area contributed by atoms with Gasteiger partial charge in [-0.15, -0.1) is 11.3 Å². The third-order valence-corrected chi connectivity index (χ3v) is 7.01. The molecule has 0 bridgehead atoms. The number of thiophene rings is 1. The van der Waals surface area contributed by atoms with Gasteiger partial charge in [-0.2, -0.15) is 18.3 Å². The molecule has 1 aliphatic rings. The zero-order valence-corrected chi connectivity index (χ0v) is 20.0. The molecular weight excluding hydrogens is 483 g/mol. The Labute approximate surface area is 203 Å². The van der Waals surface area contributed by atoms with Gasteiger partial charge in [0.2, 0.25) is 0 Å². The normalized spacial score (nSPS) is 14.9. The molecule has 8 nitrogen and oxygen atoms in total. The number of hydrogen-bond donors (Lipinski definition) is 0. The molecule has 0 saturated carbocycles. The number of aromatic nitrogens is 2. The number of nitrogens with zero attached hydrogens (tertiary/aromatic N) is 5. The van der Waals surface area contributed by atoms with Gasteiger partial charge in [-0.05, 0) is 42.5 Å². The molecule has 1 aliphatic heterocycles. The Hall–Kier alpha value is -3.25. The fourth-order valence-electron chi connectivity index (χ4n) is 4.22. The molecule has 1 amide bonds. The van der Waals surface area contributed by atoms with Crippen LogP contribution < -0.4 is 0 Å². The van der Waals surface area contributed by atoms with E-state index in [1.807, 2.05) is 10.3 Å². The van der Waals surface area contributed by atoms with Gasteiger partial charge in [0.05, 0.1) is 21.9 Å². The smallest absolute Gasteiger partial charge is 0.335 e. The molecule has 4 rings (SSSR count). The topological polar surface area (TPSA) is 84.5 Å². The van der Waals surface area contributed by atoms with E-state index in [4.69, 9.17) is 0 Å². The van der Waals surface area contributed by atoms with Crippen LogP contribution in [0.1, 0.15) is 37.7 Å². The third kappa shape index (κ3) is 5.54. The maximum atomic E-state index is 13.0. The fourth-order valence-corrected chi connectivity index (χ4v) is 5.09. The second-order valence-electron chi connectivity index (χ2n) is 8.52. The molecule has 1 saturated heterocycles. The van der Waals surface area contributed by atoms with Crippen molar-refractivity contribution in [2.24, 2.45) is 0 Å². The summed E-state index contributed by atoms with van der Waals surface area (Å²) in [5.41, 5.74) is 1.58. The first-order chi connectivity index (χ1) is 16.5. The van der Waals surface area contributed by atoms with Gasteiger partial charge in [-0.25, -0.2) is 0 Å². The summed E-state index contributed by atoms with van der Waals surface area (Å²) in [6.07, 6.45) is -4.37. The lowest BCUT2D eigenvalue weighted by Crippen LogP contribution is -2.48. The van der Waals surface area contributed by atoms with Gasteiger partial charge in [-0.1, -0.05) is 18.2 Å². The van der Waals surface area contributed by atoms with Gasteiger partial charge in [0, 0.05) is 32.7 Å². The van der Waals surface area contributed by atoms with E-state index >= 15 is 0 Å². The fraction of sp³-hybridized carbons (Fsp3) is 0.391. The van der Waals surface area contributed by atoms with Crippen LogP contribution in [0.3, 0.4) is 0 Å². The van der Waals surface area contributed by atoms with E-state index in [0.717, 1.165) is 11.6 Å². The van der Waals surface area contributed by atoms with Gasteiger partial charge < -0.3 is 4.90 Å². The van der Waals surface area contributed by atoms with E-state index in [1.54, 1.807) is 35.6 Å². The first-order valence-corrected chi connectivity index (χ1v) is 11.8. The average Bonchev–Trinajstić information content (AvgIpc) is 3.37. The molecule has 12 heteroatoms. The van der Waals surface area contributed by atoms with Crippen LogP contribution >= 0.6 is 11.3 Å².